The fourth-order valence-electron chi connectivity index (χ4n) is 2.47. The van der Waals surface area contributed by atoms with E-state index in [0.29, 0.717) is 18.7 Å². The first kappa shape index (κ1) is 15.6. The topological polar surface area (TPSA) is 73.0 Å². The van der Waals surface area contributed by atoms with E-state index in [1.165, 1.54) is 0 Å². The predicted octanol–water partition coefficient (Wildman–Crippen LogP) is 2.44. The van der Waals surface area contributed by atoms with Crippen LogP contribution in [0.2, 0.25) is 0 Å². The van der Waals surface area contributed by atoms with Crippen molar-refractivity contribution in [2.45, 2.75) is 59.5 Å². The highest BCUT2D eigenvalue weighted by Gasteiger charge is 2.26. The van der Waals surface area contributed by atoms with Gasteiger partial charge in [-0.15, -0.1) is 0 Å². The van der Waals surface area contributed by atoms with Gasteiger partial charge in [-0.25, -0.2) is 0 Å². The number of nitrogens with zero attached hydrogens (tertiary/aromatic N) is 3. The van der Waals surface area contributed by atoms with Crippen LogP contribution < -0.4 is 5.32 Å². The van der Waals surface area contributed by atoms with Gasteiger partial charge in [-0.3, -0.25) is 14.8 Å². The highest BCUT2D eigenvalue weighted by atomic mass is 16.6. The standard InChI is InChI=1S/C13H24N4O2/c1-5-8-11(14-6-2)9-12-13(17(18)19)10(4)15-16(12)7-3/h11,14H,5-9H2,1-4H3. The van der Waals surface area contributed by atoms with E-state index in [0.717, 1.165) is 25.1 Å². The average molecular weight is 268 g/mol. The van der Waals surface area contributed by atoms with Gasteiger partial charge in [0.1, 0.15) is 11.4 Å². The number of likely N-dealkylation sites (N-methyl/N-ethyl adjacent to an activating group) is 1. The zero-order valence-corrected chi connectivity index (χ0v) is 12.3. The molecular weight excluding hydrogens is 244 g/mol. The third-order valence-corrected chi connectivity index (χ3v) is 3.25. The first-order chi connectivity index (χ1) is 9.04. The maximum absolute atomic E-state index is 11.2. The lowest BCUT2D eigenvalue weighted by atomic mass is 10.0. The van der Waals surface area contributed by atoms with Crippen LogP contribution in [0.25, 0.3) is 0 Å². The first-order valence-electron chi connectivity index (χ1n) is 6.99. The maximum atomic E-state index is 11.2. The van der Waals surface area contributed by atoms with E-state index in [-0.39, 0.29) is 16.7 Å². The van der Waals surface area contributed by atoms with E-state index in [1.54, 1.807) is 11.6 Å². The molecule has 1 aromatic rings. The number of nitro groups is 1. The minimum absolute atomic E-state index is 0.181. The Labute approximate surface area is 114 Å². The highest BCUT2D eigenvalue weighted by Crippen LogP contribution is 2.25. The molecule has 1 rings (SSSR count). The van der Waals surface area contributed by atoms with E-state index in [2.05, 4.69) is 24.3 Å². The Hall–Kier alpha value is -1.43. The van der Waals surface area contributed by atoms with Gasteiger partial charge in [-0.2, -0.15) is 5.10 Å². The van der Waals surface area contributed by atoms with E-state index < -0.39 is 0 Å². The second-order valence-corrected chi connectivity index (χ2v) is 4.70. The number of nitrogens with one attached hydrogen (secondary N) is 1. The zero-order valence-electron chi connectivity index (χ0n) is 12.3. The van der Waals surface area contributed by atoms with E-state index in [4.69, 9.17) is 0 Å². The van der Waals surface area contributed by atoms with Crippen LogP contribution in [0.1, 0.15) is 45.0 Å². The maximum Gasteiger partial charge on any atom is 0.313 e. The Balaban J connectivity index is 3.05. The molecule has 1 atom stereocenters. The fraction of sp³-hybridized carbons (Fsp3) is 0.769. The van der Waals surface area contributed by atoms with E-state index in [1.807, 2.05) is 6.92 Å². The largest absolute Gasteiger partial charge is 0.314 e. The summed E-state index contributed by atoms with van der Waals surface area (Å²) in [7, 11) is 0. The van der Waals surface area contributed by atoms with Crippen molar-refractivity contribution in [3.8, 4) is 0 Å². The molecular formula is C13H24N4O2. The number of aromatic nitrogens is 2. The molecule has 6 nitrogen and oxygen atoms in total. The summed E-state index contributed by atoms with van der Waals surface area (Å²) in [5.41, 5.74) is 1.43. The lowest BCUT2D eigenvalue weighted by Gasteiger charge is -2.17. The van der Waals surface area contributed by atoms with Crippen LogP contribution in [0.4, 0.5) is 5.69 Å². The minimum atomic E-state index is -0.307. The summed E-state index contributed by atoms with van der Waals surface area (Å²) < 4.78 is 1.76. The van der Waals surface area contributed by atoms with Gasteiger partial charge in [0, 0.05) is 19.0 Å². The van der Waals surface area contributed by atoms with Crippen molar-refractivity contribution in [1.82, 2.24) is 15.1 Å². The SMILES string of the molecule is CCCC(Cc1c([N+](=O)[O-])c(C)nn1CC)NCC. The van der Waals surface area contributed by atoms with Crippen LogP contribution in [0, 0.1) is 17.0 Å². The third-order valence-electron chi connectivity index (χ3n) is 3.25. The molecule has 0 fully saturated rings. The summed E-state index contributed by atoms with van der Waals surface area (Å²) in [6.45, 7) is 9.38. The van der Waals surface area contributed by atoms with Gasteiger partial charge in [-0.1, -0.05) is 20.3 Å². The molecule has 0 bridgehead atoms. The Morgan fingerprint density at radius 3 is 2.58 bits per heavy atom. The molecule has 0 saturated heterocycles. The third kappa shape index (κ3) is 3.76. The number of hydrogen-bond acceptors (Lipinski definition) is 4. The minimum Gasteiger partial charge on any atom is -0.314 e. The van der Waals surface area contributed by atoms with Crippen molar-refractivity contribution in [3.63, 3.8) is 0 Å². The predicted molar refractivity (Wildman–Crippen MR) is 75.4 cm³/mol. The number of rotatable bonds is 8. The second-order valence-electron chi connectivity index (χ2n) is 4.70. The van der Waals surface area contributed by atoms with Crippen LogP contribution >= 0.6 is 0 Å². The van der Waals surface area contributed by atoms with Crippen LogP contribution in [-0.4, -0.2) is 27.3 Å². The van der Waals surface area contributed by atoms with Crippen LogP contribution in [0.5, 0.6) is 0 Å². The van der Waals surface area contributed by atoms with Crippen molar-refractivity contribution in [2.24, 2.45) is 0 Å². The van der Waals surface area contributed by atoms with Crippen LogP contribution in [-0.2, 0) is 13.0 Å². The van der Waals surface area contributed by atoms with Gasteiger partial charge < -0.3 is 5.32 Å². The summed E-state index contributed by atoms with van der Waals surface area (Å²) in [6, 6.07) is 0.273. The molecule has 1 unspecified atom stereocenters. The molecule has 1 N–H and O–H groups in total. The van der Waals surface area contributed by atoms with Gasteiger partial charge >= 0.3 is 5.69 Å². The van der Waals surface area contributed by atoms with Gasteiger partial charge in [0.2, 0.25) is 0 Å². The van der Waals surface area contributed by atoms with Gasteiger partial charge in [0.05, 0.1) is 4.92 Å². The molecule has 0 aliphatic rings. The summed E-state index contributed by atoms with van der Waals surface area (Å²) >= 11 is 0. The summed E-state index contributed by atoms with van der Waals surface area (Å²) in [5.74, 6) is 0. The Morgan fingerprint density at radius 1 is 1.42 bits per heavy atom. The molecule has 6 heteroatoms. The molecule has 108 valence electrons. The Kier molecular flexibility index (Phi) is 5.95. The Morgan fingerprint density at radius 2 is 2.11 bits per heavy atom. The summed E-state index contributed by atoms with van der Waals surface area (Å²) in [4.78, 5) is 10.9. The van der Waals surface area contributed by atoms with Gasteiger partial charge in [-0.05, 0) is 26.8 Å². The lowest BCUT2D eigenvalue weighted by Crippen LogP contribution is -2.31. The Bertz CT molecular complexity index is 423. The van der Waals surface area contributed by atoms with Crippen molar-refractivity contribution in [2.75, 3.05) is 6.54 Å². The van der Waals surface area contributed by atoms with Gasteiger partial charge in [0.15, 0.2) is 0 Å². The molecule has 0 aliphatic heterocycles. The molecule has 0 spiro atoms. The lowest BCUT2D eigenvalue weighted by molar-refractivity contribution is -0.386. The van der Waals surface area contributed by atoms with E-state index in [9.17, 15) is 10.1 Å². The monoisotopic (exact) mass is 268 g/mol. The molecule has 0 amide bonds. The normalized spacial score (nSPS) is 12.6. The second kappa shape index (κ2) is 7.23. The number of aryl methyl sites for hydroxylation is 2. The molecule has 19 heavy (non-hydrogen) atoms. The molecule has 0 saturated carbocycles. The van der Waals surface area contributed by atoms with Gasteiger partial charge in [0.25, 0.3) is 0 Å². The van der Waals surface area contributed by atoms with E-state index >= 15 is 0 Å². The van der Waals surface area contributed by atoms with Crippen molar-refractivity contribution in [1.29, 1.82) is 0 Å². The molecule has 0 radical (unpaired) electrons. The van der Waals surface area contributed by atoms with Crippen LogP contribution in [0.15, 0.2) is 0 Å². The quantitative estimate of drug-likeness (QED) is 0.580. The highest BCUT2D eigenvalue weighted by molar-refractivity contribution is 5.41. The summed E-state index contributed by atoms with van der Waals surface area (Å²) in [6.07, 6.45) is 2.73. The zero-order chi connectivity index (χ0) is 14.4. The number of hydrogen-bond donors (Lipinski definition) is 1. The average Bonchev–Trinajstić information content (AvgIpc) is 2.66. The first-order valence-corrected chi connectivity index (χ1v) is 6.99. The fourth-order valence-corrected chi connectivity index (χ4v) is 2.47. The molecule has 0 aliphatic carbocycles. The van der Waals surface area contributed by atoms with Crippen molar-refractivity contribution >= 4 is 5.69 Å². The molecule has 0 aromatic carbocycles. The smallest absolute Gasteiger partial charge is 0.313 e. The molecule has 1 heterocycles. The van der Waals surface area contributed by atoms with Crippen LogP contribution in [0.3, 0.4) is 0 Å². The molecule has 1 aromatic heterocycles. The van der Waals surface area contributed by atoms with Crippen molar-refractivity contribution < 1.29 is 4.92 Å². The van der Waals surface area contributed by atoms with Crippen molar-refractivity contribution in [3.05, 3.63) is 21.5 Å². The summed E-state index contributed by atoms with van der Waals surface area (Å²) in [5, 5.41) is 18.9.